The Kier molecular flexibility index (Phi) is 4.27. The van der Waals surface area contributed by atoms with Crippen LogP contribution in [-0.4, -0.2) is 0 Å². The van der Waals surface area contributed by atoms with E-state index in [1.165, 1.54) is 10.8 Å². The van der Waals surface area contributed by atoms with E-state index < -0.39 is 0 Å². The van der Waals surface area contributed by atoms with Crippen LogP contribution in [0.1, 0.15) is 17.2 Å². The summed E-state index contributed by atoms with van der Waals surface area (Å²) in [5.74, 6) is 5.82. The molecule has 4 heteroatoms. The fourth-order valence-electron chi connectivity index (χ4n) is 2.59. The molecule has 0 aliphatic carbocycles. The summed E-state index contributed by atoms with van der Waals surface area (Å²) in [7, 11) is 0. The molecule has 2 nitrogen and oxygen atoms in total. The van der Waals surface area contributed by atoms with Crippen molar-refractivity contribution in [2.75, 3.05) is 0 Å². The molecule has 0 heterocycles. The van der Waals surface area contributed by atoms with E-state index in [0.29, 0.717) is 5.02 Å². The zero-order valence-electron chi connectivity index (χ0n) is 11.2. The summed E-state index contributed by atoms with van der Waals surface area (Å²) < 4.78 is 0.974. The zero-order valence-corrected chi connectivity index (χ0v) is 13.5. The van der Waals surface area contributed by atoms with Gasteiger partial charge in [0.15, 0.2) is 0 Å². The number of rotatable bonds is 3. The van der Waals surface area contributed by atoms with Crippen molar-refractivity contribution in [1.82, 2.24) is 5.43 Å². The highest BCUT2D eigenvalue weighted by molar-refractivity contribution is 9.10. The lowest BCUT2D eigenvalue weighted by atomic mass is 9.94. The highest BCUT2D eigenvalue weighted by Crippen LogP contribution is 2.33. The minimum atomic E-state index is -0.166. The monoisotopic (exact) mass is 360 g/mol. The van der Waals surface area contributed by atoms with Crippen LogP contribution in [0.2, 0.25) is 5.02 Å². The quantitative estimate of drug-likeness (QED) is 0.519. The van der Waals surface area contributed by atoms with E-state index >= 15 is 0 Å². The van der Waals surface area contributed by atoms with Crippen molar-refractivity contribution in [2.45, 2.75) is 6.04 Å². The molecule has 0 spiro atoms. The van der Waals surface area contributed by atoms with Crippen molar-refractivity contribution in [3.8, 4) is 0 Å². The molecule has 3 aromatic carbocycles. The summed E-state index contributed by atoms with van der Waals surface area (Å²) >= 11 is 9.84. The summed E-state index contributed by atoms with van der Waals surface area (Å²) in [6.45, 7) is 0. The third-order valence-electron chi connectivity index (χ3n) is 3.57. The van der Waals surface area contributed by atoms with Gasteiger partial charge < -0.3 is 0 Å². The molecular weight excluding hydrogens is 348 g/mol. The summed E-state index contributed by atoms with van der Waals surface area (Å²) in [5, 5.41) is 3.04. The number of halogens is 2. The molecule has 0 aliphatic heterocycles. The minimum Gasteiger partial charge on any atom is -0.271 e. The fraction of sp³-hybridized carbons (Fsp3) is 0.0588. The SMILES string of the molecule is NNC(c1cc(Br)ccc1Cl)c1cccc2ccccc12. The Morgan fingerprint density at radius 2 is 1.71 bits per heavy atom. The third-order valence-corrected chi connectivity index (χ3v) is 4.41. The second-order valence-corrected chi connectivity index (χ2v) is 6.16. The highest BCUT2D eigenvalue weighted by atomic mass is 79.9. The average Bonchev–Trinajstić information content (AvgIpc) is 2.51. The van der Waals surface area contributed by atoms with Gasteiger partial charge in [0.25, 0.3) is 0 Å². The molecule has 0 fully saturated rings. The normalized spacial score (nSPS) is 12.5. The molecule has 0 bridgehead atoms. The van der Waals surface area contributed by atoms with Crippen LogP contribution in [0.5, 0.6) is 0 Å². The molecule has 1 unspecified atom stereocenters. The molecule has 0 aromatic heterocycles. The van der Waals surface area contributed by atoms with Crippen LogP contribution < -0.4 is 11.3 Å². The second-order valence-electron chi connectivity index (χ2n) is 4.83. The Bertz CT molecular complexity index is 783. The van der Waals surface area contributed by atoms with Crippen molar-refractivity contribution in [3.05, 3.63) is 81.3 Å². The van der Waals surface area contributed by atoms with Crippen molar-refractivity contribution in [1.29, 1.82) is 0 Å². The van der Waals surface area contributed by atoms with Gasteiger partial charge in [-0.25, -0.2) is 5.43 Å². The van der Waals surface area contributed by atoms with Crippen molar-refractivity contribution >= 4 is 38.3 Å². The lowest BCUT2D eigenvalue weighted by Crippen LogP contribution is -2.29. The lowest BCUT2D eigenvalue weighted by molar-refractivity contribution is 0.641. The summed E-state index contributed by atoms with van der Waals surface area (Å²) in [4.78, 5) is 0. The first kappa shape index (κ1) is 14.5. The van der Waals surface area contributed by atoms with Gasteiger partial charge >= 0.3 is 0 Å². The molecule has 3 aromatic rings. The summed E-state index contributed by atoms with van der Waals surface area (Å²) in [5.41, 5.74) is 4.95. The Labute approximate surface area is 137 Å². The molecule has 0 amide bonds. The largest absolute Gasteiger partial charge is 0.271 e. The first-order chi connectivity index (χ1) is 10.2. The zero-order chi connectivity index (χ0) is 14.8. The molecular formula is C17H14BrClN2. The number of nitrogens with two attached hydrogens (primary N) is 1. The van der Waals surface area contributed by atoms with Gasteiger partial charge in [0.2, 0.25) is 0 Å². The van der Waals surface area contributed by atoms with E-state index in [4.69, 9.17) is 17.4 Å². The predicted octanol–water partition coefficient (Wildman–Crippen LogP) is 4.81. The van der Waals surface area contributed by atoms with Crippen LogP contribution >= 0.6 is 27.5 Å². The first-order valence-corrected chi connectivity index (χ1v) is 7.76. The van der Waals surface area contributed by atoms with Gasteiger partial charge in [-0.3, -0.25) is 5.84 Å². The van der Waals surface area contributed by atoms with Crippen molar-refractivity contribution in [2.24, 2.45) is 5.84 Å². The minimum absolute atomic E-state index is 0.166. The maximum Gasteiger partial charge on any atom is 0.0730 e. The van der Waals surface area contributed by atoms with Gasteiger partial charge in [-0.05, 0) is 40.1 Å². The maximum absolute atomic E-state index is 6.35. The van der Waals surface area contributed by atoms with E-state index in [-0.39, 0.29) is 6.04 Å². The summed E-state index contributed by atoms with van der Waals surface area (Å²) in [6, 6.07) is 20.1. The van der Waals surface area contributed by atoms with Crippen molar-refractivity contribution < 1.29 is 0 Å². The Morgan fingerprint density at radius 1 is 0.952 bits per heavy atom. The highest BCUT2D eigenvalue weighted by Gasteiger charge is 2.18. The number of benzene rings is 3. The van der Waals surface area contributed by atoms with Crippen LogP contribution in [0, 0.1) is 0 Å². The van der Waals surface area contributed by atoms with Gasteiger partial charge in [-0.1, -0.05) is 70.0 Å². The van der Waals surface area contributed by atoms with Gasteiger partial charge in [-0.2, -0.15) is 0 Å². The Balaban J connectivity index is 2.21. The molecule has 106 valence electrons. The fourth-order valence-corrected chi connectivity index (χ4v) is 3.19. The van der Waals surface area contributed by atoms with E-state index in [0.717, 1.165) is 15.6 Å². The van der Waals surface area contributed by atoms with Crippen LogP contribution in [-0.2, 0) is 0 Å². The topological polar surface area (TPSA) is 38.0 Å². The van der Waals surface area contributed by atoms with Gasteiger partial charge in [0.1, 0.15) is 0 Å². The smallest absolute Gasteiger partial charge is 0.0730 e. The molecule has 0 saturated carbocycles. The molecule has 0 saturated heterocycles. The van der Waals surface area contributed by atoms with Crippen molar-refractivity contribution in [3.63, 3.8) is 0 Å². The molecule has 0 radical (unpaired) electrons. The Morgan fingerprint density at radius 3 is 2.52 bits per heavy atom. The molecule has 1 atom stereocenters. The van der Waals surface area contributed by atoms with Crippen LogP contribution in [0.3, 0.4) is 0 Å². The van der Waals surface area contributed by atoms with Gasteiger partial charge in [0.05, 0.1) is 6.04 Å². The van der Waals surface area contributed by atoms with Crippen LogP contribution in [0.15, 0.2) is 65.1 Å². The lowest BCUT2D eigenvalue weighted by Gasteiger charge is -2.20. The number of hydrazine groups is 1. The third kappa shape index (κ3) is 2.83. The molecule has 21 heavy (non-hydrogen) atoms. The van der Waals surface area contributed by atoms with Crippen LogP contribution in [0.25, 0.3) is 10.8 Å². The van der Waals surface area contributed by atoms with Gasteiger partial charge in [-0.15, -0.1) is 0 Å². The molecule has 0 aliphatic rings. The van der Waals surface area contributed by atoms with Gasteiger partial charge in [0, 0.05) is 9.50 Å². The standard InChI is InChI=1S/C17H14BrClN2/c18-12-8-9-16(19)15(10-12)17(21-20)14-7-3-5-11-4-1-2-6-13(11)14/h1-10,17,21H,20H2. The Hall–Kier alpha value is -1.39. The number of hydrogen-bond acceptors (Lipinski definition) is 2. The first-order valence-electron chi connectivity index (χ1n) is 6.59. The number of nitrogens with one attached hydrogen (secondary N) is 1. The predicted molar refractivity (Wildman–Crippen MR) is 92.3 cm³/mol. The van der Waals surface area contributed by atoms with E-state index in [1.807, 2.05) is 36.4 Å². The van der Waals surface area contributed by atoms with E-state index in [9.17, 15) is 0 Å². The number of hydrogen-bond donors (Lipinski definition) is 2. The van der Waals surface area contributed by atoms with Crippen LogP contribution in [0.4, 0.5) is 0 Å². The average molecular weight is 362 g/mol. The molecule has 3 N–H and O–H groups in total. The number of fused-ring (bicyclic) bond motifs is 1. The second kappa shape index (κ2) is 6.16. The van der Waals surface area contributed by atoms with E-state index in [2.05, 4.69) is 45.6 Å². The van der Waals surface area contributed by atoms with E-state index in [1.54, 1.807) is 0 Å². The molecule has 3 rings (SSSR count). The summed E-state index contributed by atoms with van der Waals surface area (Å²) in [6.07, 6.45) is 0. The maximum atomic E-state index is 6.35.